The van der Waals surface area contributed by atoms with E-state index in [0.717, 1.165) is 11.6 Å². The number of aliphatic carboxylic acids is 2. The second-order valence-electron chi connectivity index (χ2n) is 4.28. The van der Waals surface area contributed by atoms with Gasteiger partial charge in [-0.25, -0.2) is 9.59 Å². The SMILES string of the molecule is C=C(C)C(=O)O.C=C(C)C(=O)O.C=CC(=C)C.C=CC(N)=O.OCCO. The number of hydrogen-bond donors (Lipinski definition) is 5. The number of carbonyl (C=O) groups is 3. The Balaban J connectivity index is -0.0000000712. The predicted molar refractivity (Wildman–Crippen MR) is 103 cm³/mol. The van der Waals surface area contributed by atoms with Gasteiger partial charge in [-0.1, -0.05) is 44.5 Å². The Morgan fingerprint density at radius 2 is 0.962 bits per heavy atom. The quantitative estimate of drug-likeness (QED) is 0.362. The van der Waals surface area contributed by atoms with Gasteiger partial charge < -0.3 is 26.2 Å². The number of allylic oxidation sites excluding steroid dienone is 2. The fourth-order valence-corrected chi connectivity index (χ4v) is 0. The van der Waals surface area contributed by atoms with Crippen LogP contribution in [0.1, 0.15) is 20.8 Å². The third-order valence-electron chi connectivity index (χ3n) is 1.38. The fraction of sp³-hybridized carbons (Fsp3) is 0.278. The van der Waals surface area contributed by atoms with Crippen LogP contribution in [0.25, 0.3) is 0 Å². The van der Waals surface area contributed by atoms with Crippen LogP contribution in [-0.4, -0.2) is 51.5 Å². The van der Waals surface area contributed by atoms with Gasteiger partial charge in [0.05, 0.1) is 13.2 Å². The lowest BCUT2D eigenvalue weighted by Gasteiger charge is -1.79. The molecule has 0 fully saturated rings. The van der Waals surface area contributed by atoms with Crippen LogP contribution in [0.3, 0.4) is 0 Å². The van der Waals surface area contributed by atoms with E-state index in [1.807, 2.05) is 6.92 Å². The first-order chi connectivity index (χ1) is 11.7. The summed E-state index contributed by atoms with van der Waals surface area (Å²) in [4.78, 5) is 28.7. The molecule has 1 amide bonds. The third kappa shape index (κ3) is 83.9. The number of carboxylic acid groups (broad SMARTS) is 2. The first kappa shape index (κ1) is 34.4. The Labute approximate surface area is 155 Å². The van der Waals surface area contributed by atoms with Gasteiger partial charge in [0.15, 0.2) is 0 Å². The van der Waals surface area contributed by atoms with Gasteiger partial charge in [0.1, 0.15) is 0 Å². The van der Waals surface area contributed by atoms with Crippen LogP contribution in [0.4, 0.5) is 0 Å². The largest absolute Gasteiger partial charge is 0.478 e. The Hall–Kier alpha value is -2.97. The summed E-state index contributed by atoms with van der Waals surface area (Å²) in [6.45, 7) is 21.0. The van der Waals surface area contributed by atoms with Crippen LogP contribution in [0.2, 0.25) is 0 Å². The standard InChI is InChI=1S/C5H8.2C4H6O2.C3H5NO.C2H6O2/c1-4-5(2)3;2*1-3(2)4(5)6;1-2-3(4)5;3-1-2-4/h4H,1-2H2,3H3;2*1H2,2H3,(H,5,6);2H,1H2,(H2,4,5);3-4H,1-2H2. The topological polar surface area (TPSA) is 158 Å². The number of aliphatic hydroxyl groups is 2. The second kappa shape index (κ2) is 26.9. The van der Waals surface area contributed by atoms with Crippen molar-refractivity contribution < 1.29 is 34.8 Å². The average molecular weight is 373 g/mol. The molecule has 0 aromatic rings. The maximum atomic E-state index is 9.60. The van der Waals surface area contributed by atoms with Gasteiger partial charge >= 0.3 is 11.9 Å². The van der Waals surface area contributed by atoms with E-state index in [1.165, 1.54) is 13.8 Å². The van der Waals surface area contributed by atoms with Crippen LogP contribution < -0.4 is 5.73 Å². The van der Waals surface area contributed by atoms with Gasteiger partial charge in [0, 0.05) is 11.1 Å². The molecule has 6 N–H and O–H groups in total. The predicted octanol–water partition coefficient (Wildman–Crippen LogP) is 1.67. The van der Waals surface area contributed by atoms with E-state index in [0.29, 0.717) is 0 Å². The van der Waals surface area contributed by atoms with E-state index in [4.69, 9.17) is 20.4 Å². The minimum Gasteiger partial charge on any atom is -0.478 e. The van der Waals surface area contributed by atoms with Crippen LogP contribution in [-0.2, 0) is 14.4 Å². The van der Waals surface area contributed by atoms with E-state index < -0.39 is 17.8 Å². The molecule has 150 valence electrons. The lowest BCUT2D eigenvalue weighted by molar-refractivity contribution is -0.133. The number of rotatable bonds is 5. The Morgan fingerprint density at radius 3 is 0.962 bits per heavy atom. The molecule has 0 heterocycles. The highest BCUT2D eigenvalue weighted by atomic mass is 16.4. The highest BCUT2D eigenvalue weighted by Crippen LogP contribution is 1.82. The Morgan fingerprint density at radius 1 is 0.808 bits per heavy atom. The number of carbonyl (C=O) groups excluding carboxylic acids is 1. The molecule has 0 spiro atoms. The Kier molecular flexibility index (Phi) is 35.6. The molecule has 0 bridgehead atoms. The monoisotopic (exact) mass is 373 g/mol. The minimum absolute atomic E-state index is 0.125. The molecule has 26 heavy (non-hydrogen) atoms. The van der Waals surface area contributed by atoms with Crippen molar-refractivity contribution in [1.29, 1.82) is 0 Å². The number of nitrogens with two attached hydrogens (primary N) is 1. The van der Waals surface area contributed by atoms with Crippen LogP contribution in [0.5, 0.6) is 0 Å². The van der Waals surface area contributed by atoms with Gasteiger partial charge in [-0.3, -0.25) is 4.79 Å². The minimum atomic E-state index is -0.935. The van der Waals surface area contributed by atoms with Gasteiger partial charge in [0.25, 0.3) is 0 Å². The van der Waals surface area contributed by atoms with E-state index in [-0.39, 0.29) is 24.4 Å². The highest BCUT2D eigenvalue weighted by molar-refractivity contribution is 5.85. The molecule has 0 aliphatic rings. The van der Waals surface area contributed by atoms with Crippen molar-refractivity contribution in [3.63, 3.8) is 0 Å². The van der Waals surface area contributed by atoms with Crippen molar-refractivity contribution in [2.75, 3.05) is 13.2 Å². The van der Waals surface area contributed by atoms with Gasteiger partial charge in [0.2, 0.25) is 5.91 Å². The second-order valence-corrected chi connectivity index (χ2v) is 4.28. The molecule has 8 nitrogen and oxygen atoms in total. The number of primary amides is 1. The number of amides is 1. The molecule has 0 aliphatic heterocycles. The first-order valence-electron chi connectivity index (χ1n) is 6.94. The van der Waals surface area contributed by atoms with E-state index >= 15 is 0 Å². The summed E-state index contributed by atoms with van der Waals surface area (Å²) in [6, 6.07) is 0. The molecule has 0 saturated carbocycles. The molecular weight excluding hydrogens is 342 g/mol. The molecule has 8 heteroatoms. The van der Waals surface area contributed by atoms with E-state index in [9.17, 15) is 14.4 Å². The van der Waals surface area contributed by atoms with Gasteiger partial charge in [-0.15, -0.1) is 0 Å². The lowest BCUT2D eigenvalue weighted by Crippen LogP contribution is -2.04. The Bertz CT molecular complexity index is 412. The molecule has 0 aromatic carbocycles. The smallest absolute Gasteiger partial charge is 0.330 e. The maximum Gasteiger partial charge on any atom is 0.330 e. The van der Waals surface area contributed by atoms with Crippen molar-refractivity contribution >= 4 is 17.8 Å². The molecule has 0 aromatic heterocycles. The summed E-state index contributed by atoms with van der Waals surface area (Å²) in [5, 5.41) is 31.0. The number of carboxylic acids is 2. The molecule has 0 aliphatic carbocycles. The van der Waals surface area contributed by atoms with E-state index in [2.05, 4.69) is 38.6 Å². The zero-order valence-corrected chi connectivity index (χ0v) is 15.7. The summed E-state index contributed by atoms with van der Waals surface area (Å²) in [5.74, 6) is -2.35. The zero-order valence-electron chi connectivity index (χ0n) is 15.7. The zero-order chi connectivity index (χ0) is 22.3. The average Bonchev–Trinajstić information content (AvgIpc) is 2.56. The number of aliphatic hydroxyl groups excluding tert-OH is 2. The molecule has 0 atom stereocenters. The highest BCUT2D eigenvalue weighted by Gasteiger charge is 1.90. The third-order valence-corrected chi connectivity index (χ3v) is 1.38. The van der Waals surface area contributed by atoms with Crippen LogP contribution >= 0.6 is 0 Å². The van der Waals surface area contributed by atoms with Crippen LogP contribution in [0.15, 0.2) is 61.8 Å². The van der Waals surface area contributed by atoms with Crippen molar-refractivity contribution in [2.24, 2.45) is 5.73 Å². The van der Waals surface area contributed by atoms with Crippen molar-refractivity contribution in [1.82, 2.24) is 0 Å². The summed E-state index contributed by atoms with van der Waals surface area (Å²) >= 11 is 0. The first-order valence-corrected chi connectivity index (χ1v) is 6.94. The summed E-state index contributed by atoms with van der Waals surface area (Å²) in [5.41, 5.74) is 5.91. The van der Waals surface area contributed by atoms with Gasteiger partial charge in [-0.2, -0.15) is 0 Å². The molecule has 0 radical (unpaired) electrons. The number of hydrogen-bond acceptors (Lipinski definition) is 5. The molecule has 0 unspecified atom stereocenters. The van der Waals surface area contributed by atoms with Crippen molar-refractivity contribution in [3.05, 3.63) is 61.8 Å². The summed E-state index contributed by atoms with van der Waals surface area (Å²) in [6.07, 6.45) is 2.78. The van der Waals surface area contributed by atoms with E-state index in [1.54, 1.807) is 6.08 Å². The van der Waals surface area contributed by atoms with Crippen molar-refractivity contribution in [2.45, 2.75) is 20.8 Å². The van der Waals surface area contributed by atoms with Gasteiger partial charge in [-0.05, 0) is 26.8 Å². The summed E-state index contributed by atoms with van der Waals surface area (Å²) < 4.78 is 0. The summed E-state index contributed by atoms with van der Waals surface area (Å²) in [7, 11) is 0. The normalized spacial score (nSPS) is 7.12. The molecular formula is C18H31NO7. The molecule has 0 rings (SSSR count). The lowest BCUT2D eigenvalue weighted by atomic mass is 10.4. The fourth-order valence-electron chi connectivity index (χ4n) is 0. The maximum absolute atomic E-state index is 9.60. The molecule has 0 saturated heterocycles. The van der Waals surface area contributed by atoms with Crippen molar-refractivity contribution in [3.8, 4) is 0 Å². The van der Waals surface area contributed by atoms with Crippen LogP contribution in [0, 0.1) is 0 Å².